The van der Waals surface area contributed by atoms with Gasteiger partial charge in [-0.25, -0.2) is 4.79 Å². The maximum atomic E-state index is 11.5. The Bertz CT molecular complexity index is 531. The lowest BCUT2D eigenvalue weighted by Crippen LogP contribution is -2.32. The molecule has 0 saturated carbocycles. The average molecular weight is 310 g/mol. The van der Waals surface area contributed by atoms with Crippen LogP contribution in [-0.4, -0.2) is 18.8 Å². The van der Waals surface area contributed by atoms with Crippen LogP contribution < -0.4 is 4.57 Å². The molecule has 0 N–H and O–H groups in total. The van der Waals surface area contributed by atoms with Gasteiger partial charge >= 0.3 is 5.97 Å². The van der Waals surface area contributed by atoms with Crippen LogP contribution >= 0.6 is 24.4 Å². The van der Waals surface area contributed by atoms with Gasteiger partial charge in [-0.3, -0.25) is 0 Å². The van der Waals surface area contributed by atoms with E-state index < -0.39 is 0 Å². The molecule has 0 aliphatic carbocycles. The number of ether oxygens (including phenoxy) is 1. The Balaban J connectivity index is 3.18. The smallest absolute Gasteiger partial charge is 0.330 e. The number of rotatable bonds is 5. The molecule has 0 unspecified atom stereocenters. The number of carbonyl (C=O) groups is 1. The highest BCUT2D eigenvalue weighted by atomic mass is 32.2. The minimum atomic E-state index is -0.350. The lowest BCUT2D eigenvalue weighted by atomic mass is 10.2. The Hall–Kier alpha value is -1.20. The SMILES string of the molecule is CCOC(=O)/C=C/C(=C(/S)SC)[n+]1cc(C)cc(C)c1. The summed E-state index contributed by atoms with van der Waals surface area (Å²) in [4.78, 5) is 11.5. The zero-order valence-corrected chi connectivity index (χ0v) is 13.9. The Labute approximate surface area is 130 Å². The van der Waals surface area contributed by atoms with Gasteiger partial charge in [-0.05, 0) is 33.1 Å². The fraction of sp³-hybridized carbons (Fsp3) is 0.333. The molecule has 0 bridgehead atoms. The van der Waals surface area contributed by atoms with Crippen molar-refractivity contribution in [2.24, 2.45) is 0 Å². The van der Waals surface area contributed by atoms with E-state index in [4.69, 9.17) is 4.74 Å². The molecule has 0 aliphatic heterocycles. The number of allylic oxidation sites excluding steroid dienone is 2. The van der Waals surface area contributed by atoms with E-state index in [1.54, 1.807) is 13.0 Å². The van der Waals surface area contributed by atoms with Crippen molar-refractivity contribution < 1.29 is 14.1 Å². The summed E-state index contributed by atoms with van der Waals surface area (Å²) >= 11 is 6.00. The average Bonchev–Trinajstić information content (AvgIpc) is 2.37. The molecule has 0 fully saturated rings. The van der Waals surface area contributed by atoms with Crippen LogP contribution in [0.4, 0.5) is 0 Å². The molecule has 5 heteroatoms. The highest BCUT2D eigenvalue weighted by Crippen LogP contribution is 2.21. The van der Waals surface area contributed by atoms with Gasteiger partial charge in [-0.15, -0.1) is 24.4 Å². The van der Waals surface area contributed by atoms with Crippen LogP contribution in [0.25, 0.3) is 5.70 Å². The number of esters is 1. The summed E-state index contributed by atoms with van der Waals surface area (Å²) in [7, 11) is 0. The zero-order chi connectivity index (χ0) is 15.1. The Kier molecular flexibility index (Phi) is 6.88. The third-order valence-corrected chi connectivity index (χ3v) is 3.87. The molecular weight excluding hydrogens is 290 g/mol. The van der Waals surface area contributed by atoms with Gasteiger partial charge in [-0.1, -0.05) is 0 Å². The summed E-state index contributed by atoms with van der Waals surface area (Å²) in [6.07, 6.45) is 9.12. The largest absolute Gasteiger partial charge is 0.463 e. The number of thioether (sulfide) groups is 1. The molecule has 1 aromatic heterocycles. The second-order valence-electron chi connectivity index (χ2n) is 4.28. The van der Waals surface area contributed by atoms with E-state index in [1.807, 2.05) is 37.1 Å². The van der Waals surface area contributed by atoms with E-state index in [9.17, 15) is 4.79 Å². The highest BCUT2D eigenvalue weighted by Gasteiger charge is 2.13. The van der Waals surface area contributed by atoms with Crippen LogP contribution in [0.5, 0.6) is 0 Å². The minimum absolute atomic E-state index is 0.350. The van der Waals surface area contributed by atoms with E-state index in [-0.39, 0.29) is 5.97 Å². The summed E-state index contributed by atoms with van der Waals surface area (Å²) < 4.78 is 7.70. The normalized spacial score (nSPS) is 12.4. The van der Waals surface area contributed by atoms with Crippen molar-refractivity contribution >= 4 is 36.1 Å². The number of carbonyl (C=O) groups excluding carboxylic acids is 1. The predicted molar refractivity (Wildman–Crippen MR) is 87.6 cm³/mol. The fourth-order valence-corrected chi connectivity index (χ4v) is 2.33. The summed E-state index contributed by atoms with van der Waals surface area (Å²) in [6.45, 7) is 6.23. The summed E-state index contributed by atoms with van der Waals surface area (Å²) in [5.41, 5.74) is 3.14. The summed E-state index contributed by atoms with van der Waals surface area (Å²) in [6, 6.07) is 2.10. The van der Waals surface area contributed by atoms with Gasteiger partial charge < -0.3 is 4.74 Å². The van der Waals surface area contributed by atoms with Crippen molar-refractivity contribution in [3.63, 3.8) is 0 Å². The second kappa shape index (κ2) is 8.17. The number of hydrogen-bond donors (Lipinski definition) is 1. The fourth-order valence-electron chi connectivity index (χ4n) is 1.76. The zero-order valence-electron chi connectivity index (χ0n) is 12.2. The lowest BCUT2D eigenvalue weighted by Gasteiger charge is -2.03. The van der Waals surface area contributed by atoms with Gasteiger partial charge in [0.15, 0.2) is 12.4 Å². The lowest BCUT2D eigenvalue weighted by molar-refractivity contribution is -0.579. The first kappa shape index (κ1) is 16.9. The van der Waals surface area contributed by atoms with Crippen molar-refractivity contribution in [1.82, 2.24) is 0 Å². The van der Waals surface area contributed by atoms with E-state index in [1.165, 1.54) is 17.8 Å². The van der Waals surface area contributed by atoms with Crippen LogP contribution in [0.3, 0.4) is 0 Å². The number of hydrogen-bond acceptors (Lipinski definition) is 4. The predicted octanol–water partition coefficient (Wildman–Crippen LogP) is 3.13. The number of thiol groups is 1. The topological polar surface area (TPSA) is 30.2 Å². The molecule has 0 saturated heterocycles. The van der Waals surface area contributed by atoms with Crippen molar-refractivity contribution in [3.05, 3.63) is 46.0 Å². The van der Waals surface area contributed by atoms with Gasteiger partial charge in [0.1, 0.15) is 4.24 Å². The van der Waals surface area contributed by atoms with Crippen LogP contribution in [-0.2, 0) is 9.53 Å². The first-order chi connectivity index (χ1) is 9.47. The van der Waals surface area contributed by atoms with Crippen LogP contribution in [0.15, 0.2) is 34.8 Å². The van der Waals surface area contributed by atoms with E-state index in [0.29, 0.717) is 6.61 Å². The standard InChI is InChI=1S/C15H19NO2S2/c1-5-18-14(17)7-6-13(15(19)20-4)16-9-11(2)8-12(3)10-16/h6-10H,5H2,1-4H3/p+1. The van der Waals surface area contributed by atoms with Crippen molar-refractivity contribution in [3.8, 4) is 0 Å². The van der Waals surface area contributed by atoms with Crippen LogP contribution in [0.2, 0.25) is 0 Å². The van der Waals surface area contributed by atoms with E-state index in [0.717, 1.165) is 21.1 Å². The number of pyridine rings is 1. The molecule has 3 nitrogen and oxygen atoms in total. The Morgan fingerprint density at radius 1 is 1.35 bits per heavy atom. The summed E-state index contributed by atoms with van der Waals surface area (Å²) in [5, 5.41) is 0. The molecule has 1 aromatic rings. The molecule has 0 atom stereocenters. The first-order valence-corrected chi connectivity index (χ1v) is 7.97. The Morgan fingerprint density at radius 3 is 2.45 bits per heavy atom. The van der Waals surface area contributed by atoms with E-state index in [2.05, 4.69) is 18.7 Å². The molecule has 0 amide bonds. The molecule has 0 aromatic carbocycles. The minimum Gasteiger partial charge on any atom is -0.463 e. The maximum absolute atomic E-state index is 11.5. The molecule has 0 spiro atoms. The van der Waals surface area contributed by atoms with Gasteiger partial charge in [0.05, 0.1) is 6.61 Å². The molecular formula is C15H20NO2S2+. The van der Waals surface area contributed by atoms with Crippen molar-refractivity contribution in [1.29, 1.82) is 0 Å². The quantitative estimate of drug-likeness (QED) is 0.298. The summed E-state index contributed by atoms with van der Waals surface area (Å²) in [5.74, 6) is -0.350. The molecule has 0 radical (unpaired) electrons. The van der Waals surface area contributed by atoms with Crippen molar-refractivity contribution in [2.45, 2.75) is 20.8 Å². The maximum Gasteiger partial charge on any atom is 0.330 e. The molecule has 0 aliphatic rings. The molecule has 20 heavy (non-hydrogen) atoms. The number of aryl methyl sites for hydroxylation is 2. The third-order valence-electron chi connectivity index (χ3n) is 2.50. The number of nitrogens with zero attached hydrogens (tertiary/aromatic N) is 1. The monoisotopic (exact) mass is 310 g/mol. The van der Waals surface area contributed by atoms with Gasteiger partial charge in [0.2, 0.25) is 5.70 Å². The highest BCUT2D eigenvalue weighted by molar-refractivity contribution is 8.15. The third kappa shape index (κ3) is 5.06. The van der Waals surface area contributed by atoms with Crippen LogP contribution in [0, 0.1) is 13.8 Å². The molecule has 108 valence electrons. The first-order valence-electron chi connectivity index (χ1n) is 6.30. The van der Waals surface area contributed by atoms with Crippen LogP contribution in [0.1, 0.15) is 18.1 Å². The molecule has 1 rings (SSSR count). The van der Waals surface area contributed by atoms with E-state index >= 15 is 0 Å². The van der Waals surface area contributed by atoms with Gasteiger partial charge in [0, 0.05) is 23.3 Å². The van der Waals surface area contributed by atoms with Crippen molar-refractivity contribution in [2.75, 3.05) is 12.9 Å². The Morgan fingerprint density at radius 2 is 1.95 bits per heavy atom. The second-order valence-corrected chi connectivity index (χ2v) is 5.84. The molecule has 1 heterocycles. The van der Waals surface area contributed by atoms with Gasteiger partial charge in [0.25, 0.3) is 0 Å². The number of aromatic nitrogens is 1. The van der Waals surface area contributed by atoms with Gasteiger partial charge in [-0.2, -0.15) is 4.57 Å².